The maximum Gasteiger partial charge on any atom is 0.237 e. The van der Waals surface area contributed by atoms with Crippen LogP contribution in [0.15, 0.2) is 0 Å². The fourth-order valence-electron chi connectivity index (χ4n) is 2.66. The second kappa shape index (κ2) is 6.09. The van der Waals surface area contributed by atoms with Gasteiger partial charge in [-0.1, -0.05) is 0 Å². The van der Waals surface area contributed by atoms with Gasteiger partial charge < -0.3 is 15.5 Å². The standard InChI is InChI=1S/C13H23N3O2.ClH/c1-13(2,3)16-8-9(7-11(16)17)15-12(18)10-5-4-6-14-10;/h9-10,14H,4-8H2,1-3H3,(H,15,18);1H. The van der Waals surface area contributed by atoms with Crippen LogP contribution in [0.2, 0.25) is 0 Å². The lowest BCUT2D eigenvalue weighted by molar-refractivity contribution is -0.131. The molecule has 0 saturated carbocycles. The van der Waals surface area contributed by atoms with Gasteiger partial charge in [-0.3, -0.25) is 9.59 Å². The van der Waals surface area contributed by atoms with E-state index >= 15 is 0 Å². The van der Waals surface area contributed by atoms with Crippen molar-refractivity contribution in [1.29, 1.82) is 0 Å². The summed E-state index contributed by atoms with van der Waals surface area (Å²) in [7, 11) is 0. The average Bonchev–Trinajstić information content (AvgIpc) is 2.85. The molecular formula is C13H24ClN3O2. The minimum Gasteiger partial charge on any atom is -0.350 e. The first-order valence-corrected chi connectivity index (χ1v) is 6.72. The van der Waals surface area contributed by atoms with Crippen molar-refractivity contribution in [1.82, 2.24) is 15.5 Å². The highest BCUT2D eigenvalue weighted by molar-refractivity contribution is 5.85. The lowest BCUT2D eigenvalue weighted by Crippen LogP contribution is -2.48. The Hall–Kier alpha value is -0.810. The van der Waals surface area contributed by atoms with Gasteiger partial charge in [0, 0.05) is 18.5 Å². The van der Waals surface area contributed by atoms with Gasteiger partial charge in [0.1, 0.15) is 0 Å². The highest BCUT2D eigenvalue weighted by atomic mass is 35.5. The number of amides is 2. The molecule has 2 saturated heterocycles. The van der Waals surface area contributed by atoms with Crippen molar-refractivity contribution in [3.63, 3.8) is 0 Å². The van der Waals surface area contributed by atoms with Crippen LogP contribution in [0.25, 0.3) is 0 Å². The van der Waals surface area contributed by atoms with E-state index in [0.717, 1.165) is 19.4 Å². The summed E-state index contributed by atoms with van der Waals surface area (Å²) in [5, 5.41) is 6.16. The summed E-state index contributed by atoms with van der Waals surface area (Å²) < 4.78 is 0. The van der Waals surface area contributed by atoms with Crippen LogP contribution in [-0.2, 0) is 9.59 Å². The molecule has 5 nitrogen and oxygen atoms in total. The maximum absolute atomic E-state index is 12.0. The van der Waals surface area contributed by atoms with E-state index < -0.39 is 0 Å². The van der Waals surface area contributed by atoms with Gasteiger partial charge in [0.05, 0.1) is 12.1 Å². The van der Waals surface area contributed by atoms with Crippen LogP contribution in [0.5, 0.6) is 0 Å². The number of hydrogen-bond donors (Lipinski definition) is 2. The lowest BCUT2D eigenvalue weighted by Gasteiger charge is -2.32. The SMILES string of the molecule is CC(C)(C)N1CC(NC(=O)C2CCCN2)CC1=O.Cl. The van der Waals surface area contributed by atoms with Crippen LogP contribution < -0.4 is 10.6 Å². The first kappa shape index (κ1) is 16.2. The van der Waals surface area contributed by atoms with Gasteiger partial charge in [0.25, 0.3) is 0 Å². The van der Waals surface area contributed by atoms with E-state index in [9.17, 15) is 9.59 Å². The molecule has 0 radical (unpaired) electrons. The van der Waals surface area contributed by atoms with Crippen LogP contribution in [-0.4, -0.2) is 47.4 Å². The Labute approximate surface area is 120 Å². The smallest absolute Gasteiger partial charge is 0.237 e. The molecule has 0 aromatic carbocycles. The zero-order chi connectivity index (χ0) is 13.3. The minimum absolute atomic E-state index is 0. The Bertz CT molecular complexity index is 348. The first-order chi connectivity index (χ1) is 8.38. The van der Waals surface area contributed by atoms with Crippen molar-refractivity contribution in [3.05, 3.63) is 0 Å². The Morgan fingerprint density at radius 1 is 1.42 bits per heavy atom. The van der Waals surface area contributed by atoms with Crippen LogP contribution in [0, 0.1) is 0 Å². The Balaban J connectivity index is 0.00000180. The molecule has 0 aliphatic carbocycles. The number of likely N-dealkylation sites (tertiary alicyclic amines) is 1. The summed E-state index contributed by atoms with van der Waals surface area (Å²) in [4.78, 5) is 25.7. The summed E-state index contributed by atoms with van der Waals surface area (Å²) >= 11 is 0. The fourth-order valence-corrected chi connectivity index (χ4v) is 2.66. The number of rotatable bonds is 2. The molecule has 2 unspecified atom stereocenters. The zero-order valence-corrected chi connectivity index (χ0v) is 12.7. The van der Waals surface area contributed by atoms with Crippen LogP contribution in [0.4, 0.5) is 0 Å². The molecule has 0 aromatic rings. The summed E-state index contributed by atoms with van der Waals surface area (Å²) in [5.74, 6) is 0.174. The summed E-state index contributed by atoms with van der Waals surface area (Å²) in [6.45, 7) is 7.60. The lowest BCUT2D eigenvalue weighted by atomic mass is 10.1. The van der Waals surface area contributed by atoms with E-state index in [1.54, 1.807) is 0 Å². The van der Waals surface area contributed by atoms with Crippen molar-refractivity contribution in [2.24, 2.45) is 0 Å². The van der Waals surface area contributed by atoms with E-state index in [1.165, 1.54) is 0 Å². The molecule has 2 fully saturated rings. The van der Waals surface area contributed by atoms with Gasteiger partial charge in [-0.25, -0.2) is 0 Å². The zero-order valence-electron chi connectivity index (χ0n) is 11.9. The molecular weight excluding hydrogens is 266 g/mol. The average molecular weight is 290 g/mol. The monoisotopic (exact) mass is 289 g/mol. The van der Waals surface area contributed by atoms with Gasteiger partial charge in [0.2, 0.25) is 11.8 Å². The third kappa shape index (κ3) is 3.83. The van der Waals surface area contributed by atoms with Crippen molar-refractivity contribution in [2.45, 2.75) is 57.7 Å². The van der Waals surface area contributed by atoms with Gasteiger partial charge in [-0.05, 0) is 40.2 Å². The molecule has 2 aliphatic heterocycles. The van der Waals surface area contributed by atoms with Crippen molar-refractivity contribution < 1.29 is 9.59 Å². The molecule has 2 aliphatic rings. The topological polar surface area (TPSA) is 61.4 Å². The van der Waals surface area contributed by atoms with E-state index in [0.29, 0.717) is 13.0 Å². The van der Waals surface area contributed by atoms with Crippen molar-refractivity contribution in [2.75, 3.05) is 13.1 Å². The molecule has 2 rings (SSSR count). The highest BCUT2D eigenvalue weighted by Crippen LogP contribution is 2.22. The number of carbonyl (C=O) groups is 2. The summed E-state index contributed by atoms with van der Waals surface area (Å²) in [5.41, 5.74) is -0.165. The molecule has 2 heterocycles. The van der Waals surface area contributed by atoms with Crippen LogP contribution in [0.1, 0.15) is 40.0 Å². The van der Waals surface area contributed by atoms with E-state index in [1.807, 2.05) is 25.7 Å². The molecule has 0 spiro atoms. The van der Waals surface area contributed by atoms with Crippen LogP contribution >= 0.6 is 12.4 Å². The largest absolute Gasteiger partial charge is 0.350 e. The van der Waals surface area contributed by atoms with E-state index in [-0.39, 0.29) is 41.8 Å². The highest BCUT2D eigenvalue weighted by Gasteiger charge is 2.37. The minimum atomic E-state index is -0.165. The van der Waals surface area contributed by atoms with Crippen molar-refractivity contribution >= 4 is 24.2 Å². The number of hydrogen-bond acceptors (Lipinski definition) is 3. The molecule has 110 valence electrons. The van der Waals surface area contributed by atoms with E-state index in [2.05, 4.69) is 10.6 Å². The number of nitrogens with zero attached hydrogens (tertiary/aromatic N) is 1. The fraction of sp³-hybridized carbons (Fsp3) is 0.846. The summed E-state index contributed by atoms with van der Waals surface area (Å²) in [6.07, 6.45) is 2.38. The normalized spacial score (nSPS) is 27.3. The molecule has 0 bridgehead atoms. The predicted molar refractivity (Wildman–Crippen MR) is 76.3 cm³/mol. The molecule has 2 atom stereocenters. The molecule has 0 aromatic heterocycles. The number of carbonyl (C=O) groups excluding carboxylic acids is 2. The van der Waals surface area contributed by atoms with E-state index in [4.69, 9.17) is 0 Å². The first-order valence-electron chi connectivity index (χ1n) is 6.72. The van der Waals surface area contributed by atoms with Gasteiger partial charge >= 0.3 is 0 Å². The van der Waals surface area contributed by atoms with Crippen LogP contribution in [0.3, 0.4) is 0 Å². The summed E-state index contributed by atoms with van der Waals surface area (Å²) in [6, 6.07) is -0.101. The number of halogens is 1. The Morgan fingerprint density at radius 2 is 2.11 bits per heavy atom. The van der Waals surface area contributed by atoms with Gasteiger partial charge in [0.15, 0.2) is 0 Å². The van der Waals surface area contributed by atoms with Gasteiger partial charge in [-0.15, -0.1) is 12.4 Å². The second-order valence-corrected chi connectivity index (χ2v) is 6.23. The second-order valence-electron chi connectivity index (χ2n) is 6.23. The quantitative estimate of drug-likeness (QED) is 0.786. The molecule has 2 amide bonds. The molecule has 6 heteroatoms. The molecule has 19 heavy (non-hydrogen) atoms. The Morgan fingerprint density at radius 3 is 2.58 bits per heavy atom. The van der Waals surface area contributed by atoms with Crippen molar-refractivity contribution in [3.8, 4) is 0 Å². The maximum atomic E-state index is 12.0. The Kier molecular flexibility index (Phi) is 5.21. The predicted octanol–water partition coefficient (Wildman–Crippen LogP) is 0.676. The third-order valence-electron chi connectivity index (χ3n) is 3.66. The van der Waals surface area contributed by atoms with Gasteiger partial charge in [-0.2, -0.15) is 0 Å². The number of nitrogens with one attached hydrogen (secondary N) is 2. The third-order valence-corrected chi connectivity index (χ3v) is 3.66. The molecule has 2 N–H and O–H groups in total.